The molecule has 2 rings (SSSR count). The minimum Gasteiger partial charge on any atom is -0.497 e. The molecule has 28 heavy (non-hydrogen) atoms. The first-order valence-electron chi connectivity index (χ1n) is 9.16. The predicted octanol–water partition coefficient (Wildman–Crippen LogP) is 3.26. The summed E-state index contributed by atoms with van der Waals surface area (Å²) in [6.07, 6.45) is 0.795. The molecule has 0 bridgehead atoms. The summed E-state index contributed by atoms with van der Waals surface area (Å²) in [5.41, 5.74) is 1.79. The Labute approximate surface area is 165 Å². The van der Waals surface area contributed by atoms with E-state index in [1.165, 1.54) is 19.2 Å². The van der Waals surface area contributed by atoms with E-state index in [0.717, 1.165) is 16.9 Å². The zero-order valence-corrected chi connectivity index (χ0v) is 16.5. The van der Waals surface area contributed by atoms with Crippen LogP contribution in [0.3, 0.4) is 0 Å². The first kappa shape index (κ1) is 21.4. The molecule has 0 fully saturated rings. The number of hydrogen-bond donors (Lipinski definition) is 0. The maximum atomic E-state index is 13.1. The van der Waals surface area contributed by atoms with Crippen LogP contribution in [0.15, 0.2) is 48.5 Å². The van der Waals surface area contributed by atoms with Crippen molar-refractivity contribution in [2.24, 2.45) is 5.92 Å². The van der Waals surface area contributed by atoms with Crippen molar-refractivity contribution >= 4 is 11.9 Å². The highest BCUT2D eigenvalue weighted by Gasteiger charge is 2.21. The molecular formula is C22H26FNO4. The van der Waals surface area contributed by atoms with Gasteiger partial charge in [0.1, 0.15) is 11.6 Å². The van der Waals surface area contributed by atoms with Gasteiger partial charge in [0.25, 0.3) is 0 Å². The molecule has 1 unspecified atom stereocenters. The van der Waals surface area contributed by atoms with Crippen molar-refractivity contribution in [1.82, 2.24) is 4.90 Å². The number of hydrogen-bond acceptors (Lipinski definition) is 4. The van der Waals surface area contributed by atoms with E-state index >= 15 is 0 Å². The third kappa shape index (κ3) is 6.37. The number of halogens is 1. The van der Waals surface area contributed by atoms with Crippen molar-refractivity contribution in [1.29, 1.82) is 0 Å². The summed E-state index contributed by atoms with van der Waals surface area (Å²) < 4.78 is 23.0. The predicted molar refractivity (Wildman–Crippen MR) is 105 cm³/mol. The molecule has 0 saturated carbocycles. The van der Waals surface area contributed by atoms with Gasteiger partial charge in [0.2, 0.25) is 5.91 Å². The summed E-state index contributed by atoms with van der Waals surface area (Å²) in [7, 11) is 2.94. The van der Waals surface area contributed by atoms with E-state index in [2.05, 4.69) is 0 Å². The summed E-state index contributed by atoms with van der Waals surface area (Å²) in [6.45, 7) is 2.47. The molecule has 0 aliphatic heterocycles. The van der Waals surface area contributed by atoms with Gasteiger partial charge >= 0.3 is 5.97 Å². The summed E-state index contributed by atoms with van der Waals surface area (Å²) in [5, 5.41) is 0. The maximum Gasteiger partial charge on any atom is 0.310 e. The molecule has 1 atom stereocenters. The Hall–Kier alpha value is -2.89. The van der Waals surface area contributed by atoms with Crippen molar-refractivity contribution in [2.45, 2.75) is 19.8 Å². The van der Waals surface area contributed by atoms with Crippen molar-refractivity contribution in [3.05, 3.63) is 65.5 Å². The normalized spacial score (nSPS) is 11.6. The lowest BCUT2D eigenvalue weighted by Crippen LogP contribution is -2.39. The first-order valence-corrected chi connectivity index (χ1v) is 9.16. The van der Waals surface area contributed by atoms with E-state index in [1.807, 2.05) is 24.3 Å². The Morgan fingerprint density at radius 3 is 2.18 bits per heavy atom. The SMILES string of the molecule is COC(=O)C(C)CN(CCc1ccc(OC)cc1)C(=O)Cc1ccc(F)cc1. The Kier molecular flexibility index (Phi) is 7.99. The summed E-state index contributed by atoms with van der Waals surface area (Å²) in [4.78, 5) is 26.3. The molecule has 5 nitrogen and oxygen atoms in total. The number of carbonyl (C=O) groups excluding carboxylic acids is 2. The average Bonchev–Trinajstić information content (AvgIpc) is 2.72. The number of carbonyl (C=O) groups is 2. The Bertz CT molecular complexity index is 774. The quantitative estimate of drug-likeness (QED) is 0.620. The highest BCUT2D eigenvalue weighted by Crippen LogP contribution is 2.14. The van der Waals surface area contributed by atoms with Gasteiger partial charge in [0.05, 0.1) is 26.6 Å². The van der Waals surface area contributed by atoms with Crippen LogP contribution in [-0.4, -0.2) is 44.1 Å². The van der Waals surface area contributed by atoms with Crippen molar-refractivity contribution in [2.75, 3.05) is 27.3 Å². The van der Waals surface area contributed by atoms with Crippen LogP contribution in [0.1, 0.15) is 18.1 Å². The number of esters is 1. The molecule has 6 heteroatoms. The molecule has 150 valence electrons. The molecular weight excluding hydrogens is 361 g/mol. The number of rotatable bonds is 9. The van der Waals surface area contributed by atoms with Crippen molar-refractivity contribution in [3.63, 3.8) is 0 Å². The van der Waals surface area contributed by atoms with Crippen molar-refractivity contribution < 1.29 is 23.5 Å². The number of methoxy groups -OCH3 is 2. The van der Waals surface area contributed by atoms with Gasteiger partial charge in [-0.25, -0.2) is 4.39 Å². The fraction of sp³-hybridized carbons (Fsp3) is 0.364. The maximum absolute atomic E-state index is 13.1. The minimum absolute atomic E-state index is 0.115. The van der Waals surface area contributed by atoms with E-state index in [1.54, 1.807) is 31.1 Å². The van der Waals surface area contributed by atoms with Crippen LogP contribution in [0, 0.1) is 11.7 Å². The largest absolute Gasteiger partial charge is 0.497 e. The molecule has 0 heterocycles. The number of benzene rings is 2. The topological polar surface area (TPSA) is 55.8 Å². The Morgan fingerprint density at radius 1 is 1.00 bits per heavy atom. The van der Waals surface area contributed by atoms with E-state index in [0.29, 0.717) is 13.0 Å². The van der Waals surface area contributed by atoms with Gasteiger partial charge in [-0.05, 0) is 41.8 Å². The lowest BCUT2D eigenvalue weighted by Gasteiger charge is -2.25. The lowest BCUT2D eigenvalue weighted by atomic mass is 10.1. The Balaban J connectivity index is 2.06. The second kappa shape index (κ2) is 10.4. The minimum atomic E-state index is -0.432. The molecule has 2 aromatic rings. The molecule has 0 saturated heterocycles. The van der Waals surface area contributed by atoms with Crippen LogP contribution in [0.4, 0.5) is 4.39 Å². The van der Waals surface area contributed by atoms with E-state index < -0.39 is 5.92 Å². The number of nitrogens with zero attached hydrogens (tertiary/aromatic N) is 1. The Morgan fingerprint density at radius 2 is 1.61 bits per heavy atom. The zero-order valence-electron chi connectivity index (χ0n) is 16.5. The fourth-order valence-electron chi connectivity index (χ4n) is 2.87. The molecule has 2 aromatic carbocycles. The molecule has 1 amide bonds. The highest BCUT2D eigenvalue weighted by molar-refractivity contribution is 5.80. The summed E-state index contributed by atoms with van der Waals surface area (Å²) in [5.74, 6) is -0.475. The molecule has 0 radical (unpaired) electrons. The van der Waals surface area contributed by atoms with Gasteiger partial charge in [-0.1, -0.05) is 31.2 Å². The molecule has 0 spiro atoms. The molecule has 0 N–H and O–H groups in total. The van der Waals surface area contributed by atoms with Gasteiger partial charge in [-0.15, -0.1) is 0 Å². The van der Waals surface area contributed by atoms with Crippen LogP contribution in [0.25, 0.3) is 0 Å². The summed E-state index contributed by atoms with van der Waals surface area (Å²) >= 11 is 0. The third-order valence-corrected chi connectivity index (χ3v) is 4.55. The number of amides is 1. The van der Waals surface area contributed by atoms with Crippen LogP contribution < -0.4 is 4.74 Å². The first-order chi connectivity index (χ1) is 13.4. The molecule has 0 aliphatic carbocycles. The fourth-order valence-corrected chi connectivity index (χ4v) is 2.87. The second-order valence-corrected chi connectivity index (χ2v) is 6.67. The second-order valence-electron chi connectivity index (χ2n) is 6.67. The van der Waals surface area contributed by atoms with E-state index in [9.17, 15) is 14.0 Å². The van der Waals surface area contributed by atoms with E-state index in [4.69, 9.17) is 9.47 Å². The standard InChI is InChI=1S/C22H26FNO4/c1-16(22(26)28-3)15-24(13-12-17-6-10-20(27-2)11-7-17)21(25)14-18-4-8-19(23)9-5-18/h4-11,16H,12-15H2,1-3H3. The zero-order chi connectivity index (χ0) is 20.5. The van der Waals surface area contributed by atoms with Crippen LogP contribution in [-0.2, 0) is 27.2 Å². The van der Waals surface area contributed by atoms with Gasteiger partial charge in [0, 0.05) is 13.1 Å². The van der Waals surface area contributed by atoms with Crippen molar-refractivity contribution in [3.8, 4) is 5.75 Å². The monoisotopic (exact) mass is 387 g/mol. The van der Waals surface area contributed by atoms with Gasteiger partial charge < -0.3 is 14.4 Å². The molecule has 0 aliphatic rings. The van der Waals surface area contributed by atoms with Crippen LogP contribution in [0.2, 0.25) is 0 Å². The van der Waals surface area contributed by atoms with E-state index in [-0.39, 0.29) is 30.7 Å². The highest BCUT2D eigenvalue weighted by atomic mass is 19.1. The lowest BCUT2D eigenvalue weighted by molar-refractivity contribution is -0.146. The molecule has 0 aromatic heterocycles. The van der Waals surface area contributed by atoms with Gasteiger partial charge in [-0.3, -0.25) is 9.59 Å². The van der Waals surface area contributed by atoms with Crippen LogP contribution in [0.5, 0.6) is 5.75 Å². The smallest absolute Gasteiger partial charge is 0.310 e. The average molecular weight is 387 g/mol. The number of ether oxygens (including phenoxy) is 2. The van der Waals surface area contributed by atoms with Crippen LogP contribution >= 0.6 is 0 Å². The summed E-state index contributed by atoms with van der Waals surface area (Å²) in [6, 6.07) is 13.5. The third-order valence-electron chi connectivity index (χ3n) is 4.55. The van der Waals surface area contributed by atoms with Gasteiger partial charge in [0.15, 0.2) is 0 Å². The van der Waals surface area contributed by atoms with Gasteiger partial charge in [-0.2, -0.15) is 0 Å².